The lowest BCUT2D eigenvalue weighted by molar-refractivity contribution is -0.132. The smallest absolute Gasteiger partial charge is 0.241 e. The topological polar surface area (TPSA) is 49.4 Å². The minimum atomic E-state index is 0.0265. The summed E-state index contributed by atoms with van der Waals surface area (Å²) >= 11 is 0. The Balaban J connectivity index is 2.32. The predicted octanol–water partition coefficient (Wildman–Crippen LogP) is -0.00910. The van der Waals surface area contributed by atoms with Gasteiger partial charge in [-0.05, 0) is 18.8 Å². The van der Waals surface area contributed by atoms with Crippen molar-refractivity contribution in [2.75, 3.05) is 19.6 Å². The van der Waals surface area contributed by atoms with Crippen LogP contribution >= 0.6 is 0 Å². The zero-order valence-corrected chi connectivity index (χ0v) is 7.95. The Kier molecular flexibility index (Phi) is 3.73. The van der Waals surface area contributed by atoms with E-state index in [1.165, 1.54) is 6.42 Å². The summed E-state index contributed by atoms with van der Waals surface area (Å²) in [6.45, 7) is 3.95. The summed E-state index contributed by atoms with van der Waals surface area (Å²) in [5.41, 5.74) is 0. The number of nitrogens with one attached hydrogen (secondary N) is 1. The Morgan fingerprint density at radius 3 is 3.08 bits per heavy atom. The van der Waals surface area contributed by atoms with Crippen molar-refractivity contribution in [2.45, 2.75) is 19.8 Å². The van der Waals surface area contributed by atoms with Crippen LogP contribution in [-0.2, 0) is 9.59 Å². The highest BCUT2D eigenvalue weighted by molar-refractivity contribution is 5.80. The molecule has 0 aromatic heterocycles. The van der Waals surface area contributed by atoms with Crippen LogP contribution in [0, 0.1) is 5.92 Å². The summed E-state index contributed by atoms with van der Waals surface area (Å²) in [4.78, 5) is 23.2. The highest BCUT2D eigenvalue weighted by atomic mass is 16.2. The fraction of sp³-hybridized carbons (Fsp3) is 0.778. The molecule has 4 nitrogen and oxygen atoms in total. The molecule has 2 amide bonds. The van der Waals surface area contributed by atoms with Crippen LogP contribution in [0.3, 0.4) is 0 Å². The highest BCUT2D eigenvalue weighted by Crippen LogP contribution is 2.14. The van der Waals surface area contributed by atoms with Crippen LogP contribution in [0.2, 0.25) is 0 Å². The SMILES string of the molecule is C[C@@H]1CCCN(C(=O)CNC=O)C1. The zero-order chi connectivity index (χ0) is 9.68. The molecule has 1 aliphatic rings. The first kappa shape index (κ1) is 10.0. The van der Waals surface area contributed by atoms with E-state index in [4.69, 9.17) is 0 Å². The molecule has 1 heterocycles. The van der Waals surface area contributed by atoms with Gasteiger partial charge in [0.1, 0.15) is 0 Å². The number of amides is 2. The fourth-order valence-corrected chi connectivity index (χ4v) is 1.66. The van der Waals surface area contributed by atoms with Crippen LogP contribution in [0.15, 0.2) is 0 Å². The van der Waals surface area contributed by atoms with Gasteiger partial charge in [0, 0.05) is 13.1 Å². The largest absolute Gasteiger partial charge is 0.350 e. The molecular formula is C9H16N2O2. The number of likely N-dealkylation sites (tertiary alicyclic amines) is 1. The molecule has 1 atom stereocenters. The van der Waals surface area contributed by atoms with Crippen molar-refractivity contribution < 1.29 is 9.59 Å². The highest BCUT2D eigenvalue weighted by Gasteiger charge is 2.19. The zero-order valence-electron chi connectivity index (χ0n) is 7.95. The molecule has 74 valence electrons. The Labute approximate surface area is 78.3 Å². The first-order valence-corrected chi connectivity index (χ1v) is 4.69. The van der Waals surface area contributed by atoms with Crippen molar-refractivity contribution >= 4 is 12.3 Å². The number of hydrogen-bond acceptors (Lipinski definition) is 2. The van der Waals surface area contributed by atoms with Crippen LogP contribution in [0.4, 0.5) is 0 Å². The molecule has 1 rings (SSSR count). The normalized spacial score (nSPS) is 22.5. The van der Waals surface area contributed by atoms with Crippen molar-refractivity contribution in [3.05, 3.63) is 0 Å². The van der Waals surface area contributed by atoms with Crippen molar-refractivity contribution in [1.82, 2.24) is 10.2 Å². The molecule has 1 N–H and O–H groups in total. The average Bonchev–Trinajstić information content (AvgIpc) is 2.14. The maximum absolute atomic E-state index is 11.4. The molecule has 4 heteroatoms. The van der Waals surface area contributed by atoms with Crippen molar-refractivity contribution in [1.29, 1.82) is 0 Å². The van der Waals surface area contributed by atoms with Gasteiger partial charge in [0.2, 0.25) is 12.3 Å². The molecule has 0 bridgehead atoms. The molecule has 0 aliphatic carbocycles. The van der Waals surface area contributed by atoms with Crippen LogP contribution in [0.1, 0.15) is 19.8 Å². The Hall–Kier alpha value is -1.06. The van der Waals surface area contributed by atoms with Gasteiger partial charge in [-0.25, -0.2) is 0 Å². The Morgan fingerprint density at radius 2 is 2.46 bits per heavy atom. The molecule has 0 aromatic carbocycles. The summed E-state index contributed by atoms with van der Waals surface area (Å²) in [6, 6.07) is 0. The van der Waals surface area contributed by atoms with Crippen LogP contribution in [0.5, 0.6) is 0 Å². The van der Waals surface area contributed by atoms with Gasteiger partial charge in [-0.1, -0.05) is 6.92 Å². The van der Waals surface area contributed by atoms with Gasteiger partial charge in [-0.15, -0.1) is 0 Å². The molecule has 0 saturated carbocycles. The second-order valence-electron chi connectivity index (χ2n) is 3.59. The summed E-state index contributed by atoms with van der Waals surface area (Å²) < 4.78 is 0. The third-order valence-corrected chi connectivity index (χ3v) is 2.35. The first-order valence-electron chi connectivity index (χ1n) is 4.69. The minimum absolute atomic E-state index is 0.0265. The van der Waals surface area contributed by atoms with Gasteiger partial charge in [0.05, 0.1) is 6.54 Å². The van der Waals surface area contributed by atoms with Crippen molar-refractivity contribution in [3.63, 3.8) is 0 Å². The van der Waals surface area contributed by atoms with Gasteiger partial charge in [0.15, 0.2) is 0 Å². The van der Waals surface area contributed by atoms with Crippen LogP contribution in [-0.4, -0.2) is 36.9 Å². The van der Waals surface area contributed by atoms with E-state index in [-0.39, 0.29) is 12.5 Å². The van der Waals surface area contributed by atoms with E-state index in [0.29, 0.717) is 12.3 Å². The van der Waals surface area contributed by atoms with E-state index in [0.717, 1.165) is 19.5 Å². The lowest BCUT2D eigenvalue weighted by Gasteiger charge is -2.30. The molecule has 1 fully saturated rings. The van der Waals surface area contributed by atoms with Gasteiger partial charge in [0.25, 0.3) is 0 Å². The van der Waals surface area contributed by atoms with E-state index in [9.17, 15) is 9.59 Å². The Morgan fingerprint density at radius 1 is 1.69 bits per heavy atom. The third kappa shape index (κ3) is 3.05. The second kappa shape index (κ2) is 4.84. The quantitative estimate of drug-likeness (QED) is 0.627. The fourth-order valence-electron chi connectivity index (χ4n) is 1.66. The molecule has 0 radical (unpaired) electrons. The molecule has 0 aromatic rings. The molecular weight excluding hydrogens is 168 g/mol. The summed E-state index contributed by atoms with van der Waals surface area (Å²) in [5, 5.41) is 2.39. The number of hydrogen-bond donors (Lipinski definition) is 1. The number of rotatable bonds is 3. The molecule has 1 saturated heterocycles. The third-order valence-electron chi connectivity index (χ3n) is 2.35. The standard InChI is InChI=1S/C9H16N2O2/c1-8-3-2-4-11(6-8)9(13)5-10-7-12/h7-8H,2-6H2,1H3,(H,10,12)/t8-/m1/s1. The average molecular weight is 184 g/mol. The number of carbonyl (C=O) groups is 2. The molecule has 0 spiro atoms. The van der Waals surface area contributed by atoms with Gasteiger partial charge >= 0.3 is 0 Å². The van der Waals surface area contributed by atoms with Crippen molar-refractivity contribution in [3.8, 4) is 0 Å². The Bertz CT molecular complexity index is 194. The van der Waals surface area contributed by atoms with Gasteiger partial charge in [-0.2, -0.15) is 0 Å². The first-order chi connectivity index (χ1) is 6.24. The number of carbonyl (C=O) groups excluding carboxylic acids is 2. The maximum atomic E-state index is 11.4. The number of piperidine rings is 1. The predicted molar refractivity (Wildman–Crippen MR) is 49.0 cm³/mol. The second-order valence-corrected chi connectivity index (χ2v) is 3.59. The molecule has 1 aliphatic heterocycles. The van der Waals surface area contributed by atoms with Crippen LogP contribution < -0.4 is 5.32 Å². The lowest BCUT2D eigenvalue weighted by Crippen LogP contribution is -2.43. The van der Waals surface area contributed by atoms with E-state index < -0.39 is 0 Å². The summed E-state index contributed by atoms with van der Waals surface area (Å²) in [6.07, 6.45) is 2.84. The summed E-state index contributed by atoms with van der Waals surface area (Å²) in [5.74, 6) is 0.618. The molecule has 0 unspecified atom stereocenters. The molecule has 13 heavy (non-hydrogen) atoms. The monoisotopic (exact) mass is 184 g/mol. The number of nitrogens with zero attached hydrogens (tertiary/aromatic N) is 1. The van der Waals surface area contributed by atoms with Crippen molar-refractivity contribution in [2.24, 2.45) is 5.92 Å². The van der Waals surface area contributed by atoms with Gasteiger partial charge < -0.3 is 10.2 Å². The maximum Gasteiger partial charge on any atom is 0.241 e. The van der Waals surface area contributed by atoms with E-state index >= 15 is 0 Å². The summed E-state index contributed by atoms with van der Waals surface area (Å²) in [7, 11) is 0. The van der Waals surface area contributed by atoms with Crippen LogP contribution in [0.25, 0.3) is 0 Å². The van der Waals surface area contributed by atoms with Gasteiger partial charge in [-0.3, -0.25) is 9.59 Å². The minimum Gasteiger partial charge on any atom is -0.350 e. The lowest BCUT2D eigenvalue weighted by atomic mass is 10.0. The van der Waals surface area contributed by atoms with E-state index in [2.05, 4.69) is 12.2 Å². The van der Waals surface area contributed by atoms with E-state index in [1.807, 2.05) is 4.90 Å². The van der Waals surface area contributed by atoms with E-state index in [1.54, 1.807) is 0 Å².